The van der Waals surface area contributed by atoms with Crippen molar-refractivity contribution in [1.29, 1.82) is 0 Å². The van der Waals surface area contributed by atoms with Gasteiger partial charge < -0.3 is 5.32 Å². The Kier molecular flexibility index (Phi) is 5.46. The maximum absolute atomic E-state index is 12.1. The number of nitrogens with one attached hydrogen (secondary N) is 2. The van der Waals surface area contributed by atoms with Crippen molar-refractivity contribution in [2.24, 2.45) is 0 Å². The van der Waals surface area contributed by atoms with Gasteiger partial charge in [0.15, 0.2) is 5.13 Å². The molecule has 0 atom stereocenters. The zero-order valence-electron chi connectivity index (χ0n) is 15.8. The molecule has 0 bridgehead atoms. The Balaban J connectivity index is 1.70. The Bertz CT molecular complexity index is 933. The molecule has 0 aliphatic rings. The van der Waals surface area contributed by atoms with E-state index in [4.69, 9.17) is 0 Å². The summed E-state index contributed by atoms with van der Waals surface area (Å²) < 4.78 is 0. The van der Waals surface area contributed by atoms with Crippen LogP contribution in [0.2, 0.25) is 0 Å². The first-order valence-electron chi connectivity index (χ1n) is 8.58. The van der Waals surface area contributed by atoms with Gasteiger partial charge in [0.25, 0.3) is 0 Å². The van der Waals surface area contributed by atoms with Crippen molar-refractivity contribution in [3.63, 3.8) is 0 Å². The number of aromatic nitrogens is 4. The fourth-order valence-electron chi connectivity index (χ4n) is 2.36. The van der Waals surface area contributed by atoms with Crippen LogP contribution in [0.25, 0.3) is 10.6 Å². The lowest BCUT2D eigenvalue weighted by Crippen LogP contribution is -2.28. The third-order valence-electron chi connectivity index (χ3n) is 3.78. The minimum Gasteiger partial charge on any atom is -0.334 e. The second-order valence-electron chi connectivity index (χ2n) is 7.11. The van der Waals surface area contributed by atoms with Gasteiger partial charge in [-0.3, -0.25) is 10.3 Å². The molecule has 7 nitrogen and oxygen atoms in total. The van der Waals surface area contributed by atoms with Crippen LogP contribution >= 0.6 is 11.3 Å². The number of hydrogen-bond donors (Lipinski definition) is 2. The molecule has 3 aromatic heterocycles. The zero-order chi connectivity index (χ0) is 19.4. The van der Waals surface area contributed by atoms with Gasteiger partial charge in [0.2, 0.25) is 0 Å². The maximum atomic E-state index is 12.1. The molecule has 140 valence electrons. The molecular formula is C19H22N6OS. The first-order chi connectivity index (χ1) is 12.8. The second kappa shape index (κ2) is 7.79. The summed E-state index contributed by atoms with van der Waals surface area (Å²) >= 11 is 1.40. The minimum absolute atomic E-state index is 0.136. The van der Waals surface area contributed by atoms with Gasteiger partial charge in [-0.25, -0.2) is 19.7 Å². The van der Waals surface area contributed by atoms with Gasteiger partial charge in [-0.15, -0.1) is 0 Å². The predicted molar refractivity (Wildman–Crippen MR) is 107 cm³/mol. The highest BCUT2D eigenvalue weighted by Gasteiger charge is 2.19. The third kappa shape index (κ3) is 4.85. The number of nitrogens with zero attached hydrogens (tertiary/aromatic N) is 4. The number of urea groups is 1. The molecule has 0 aliphatic heterocycles. The normalized spacial score (nSPS) is 11.3. The number of anilines is 1. The standard InChI is InChI=1S/C19H22N6OS/c1-12-15(14-7-10-21-16(24-14)19(2,3)4)27-18(23-12)25-17(26)22-11-13-5-8-20-9-6-13/h5-10H,11H2,1-4H3,(H2,22,23,25,26). The number of carbonyl (C=O) groups is 1. The Morgan fingerprint density at radius 2 is 1.85 bits per heavy atom. The quantitative estimate of drug-likeness (QED) is 0.713. The van der Waals surface area contributed by atoms with E-state index in [2.05, 4.69) is 51.3 Å². The average Bonchev–Trinajstić information content (AvgIpc) is 3.00. The third-order valence-corrected chi connectivity index (χ3v) is 4.87. The van der Waals surface area contributed by atoms with E-state index in [-0.39, 0.29) is 11.4 Å². The molecule has 3 heterocycles. The predicted octanol–water partition coefficient (Wildman–Crippen LogP) is 3.92. The number of rotatable bonds is 4. The smallest absolute Gasteiger partial charge is 0.321 e. The topological polar surface area (TPSA) is 92.7 Å². The van der Waals surface area contributed by atoms with Crippen LogP contribution in [0.4, 0.5) is 9.93 Å². The lowest BCUT2D eigenvalue weighted by Gasteiger charge is -2.16. The van der Waals surface area contributed by atoms with Gasteiger partial charge in [0.1, 0.15) is 5.82 Å². The van der Waals surface area contributed by atoms with Crippen LogP contribution < -0.4 is 10.6 Å². The van der Waals surface area contributed by atoms with Crippen LogP contribution in [0.15, 0.2) is 36.8 Å². The van der Waals surface area contributed by atoms with Gasteiger partial charge in [-0.05, 0) is 30.7 Å². The van der Waals surface area contributed by atoms with E-state index in [1.807, 2.05) is 25.1 Å². The van der Waals surface area contributed by atoms with E-state index < -0.39 is 0 Å². The number of aryl methyl sites for hydroxylation is 1. The van der Waals surface area contributed by atoms with Gasteiger partial charge in [-0.1, -0.05) is 32.1 Å². The van der Waals surface area contributed by atoms with E-state index in [1.165, 1.54) is 11.3 Å². The Morgan fingerprint density at radius 3 is 2.56 bits per heavy atom. The molecule has 3 aromatic rings. The van der Waals surface area contributed by atoms with E-state index in [1.54, 1.807) is 18.6 Å². The maximum Gasteiger partial charge on any atom is 0.321 e. The summed E-state index contributed by atoms with van der Waals surface area (Å²) in [5, 5.41) is 6.13. The van der Waals surface area contributed by atoms with Crippen LogP contribution in [-0.4, -0.2) is 26.0 Å². The van der Waals surface area contributed by atoms with E-state index in [0.717, 1.165) is 27.7 Å². The van der Waals surface area contributed by atoms with Crippen LogP contribution in [0.3, 0.4) is 0 Å². The van der Waals surface area contributed by atoms with Crippen molar-refractivity contribution in [2.45, 2.75) is 39.7 Å². The summed E-state index contributed by atoms with van der Waals surface area (Å²) in [5.74, 6) is 0.775. The van der Waals surface area contributed by atoms with Crippen LogP contribution in [0, 0.1) is 6.92 Å². The molecule has 27 heavy (non-hydrogen) atoms. The summed E-state index contributed by atoms with van der Waals surface area (Å²) in [6.07, 6.45) is 5.15. The van der Waals surface area contributed by atoms with Crippen molar-refractivity contribution in [3.05, 3.63) is 53.9 Å². The van der Waals surface area contributed by atoms with Crippen molar-refractivity contribution in [3.8, 4) is 10.6 Å². The van der Waals surface area contributed by atoms with Crippen molar-refractivity contribution >= 4 is 22.5 Å². The molecule has 8 heteroatoms. The van der Waals surface area contributed by atoms with E-state index in [9.17, 15) is 4.79 Å². The number of pyridine rings is 1. The Hall–Kier alpha value is -2.87. The molecular weight excluding hydrogens is 360 g/mol. The van der Waals surface area contributed by atoms with Crippen LogP contribution in [-0.2, 0) is 12.0 Å². The number of thiazole rings is 1. The molecule has 0 aromatic carbocycles. The van der Waals surface area contributed by atoms with Gasteiger partial charge >= 0.3 is 6.03 Å². The van der Waals surface area contributed by atoms with Gasteiger partial charge in [0, 0.05) is 30.6 Å². The lowest BCUT2D eigenvalue weighted by atomic mass is 9.95. The minimum atomic E-state index is -0.301. The van der Waals surface area contributed by atoms with Crippen molar-refractivity contribution in [1.82, 2.24) is 25.3 Å². The second-order valence-corrected chi connectivity index (χ2v) is 8.11. The van der Waals surface area contributed by atoms with Crippen LogP contribution in [0.1, 0.15) is 37.9 Å². The molecule has 2 N–H and O–H groups in total. The fraction of sp³-hybridized carbons (Fsp3) is 0.316. The SMILES string of the molecule is Cc1nc(NC(=O)NCc2ccncc2)sc1-c1ccnc(C(C)(C)C)n1. The zero-order valence-corrected chi connectivity index (χ0v) is 16.6. The molecule has 0 saturated heterocycles. The number of hydrogen-bond acceptors (Lipinski definition) is 6. The highest BCUT2D eigenvalue weighted by Crippen LogP contribution is 2.32. The molecule has 0 aliphatic carbocycles. The number of amides is 2. The molecule has 0 saturated carbocycles. The summed E-state index contributed by atoms with van der Waals surface area (Å²) in [6, 6.07) is 5.27. The van der Waals surface area contributed by atoms with E-state index >= 15 is 0 Å². The summed E-state index contributed by atoms with van der Waals surface area (Å²) in [5.41, 5.74) is 2.48. The van der Waals surface area contributed by atoms with E-state index in [0.29, 0.717) is 11.7 Å². The van der Waals surface area contributed by atoms with Crippen molar-refractivity contribution in [2.75, 3.05) is 5.32 Å². The summed E-state index contributed by atoms with van der Waals surface area (Å²) in [6.45, 7) is 8.56. The monoisotopic (exact) mass is 382 g/mol. The van der Waals surface area contributed by atoms with Gasteiger partial charge in [-0.2, -0.15) is 0 Å². The highest BCUT2D eigenvalue weighted by atomic mass is 32.1. The van der Waals surface area contributed by atoms with Gasteiger partial charge in [0.05, 0.1) is 16.3 Å². The summed E-state index contributed by atoms with van der Waals surface area (Å²) in [7, 11) is 0. The highest BCUT2D eigenvalue weighted by molar-refractivity contribution is 7.19. The lowest BCUT2D eigenvalue weighted by molar-refractivity contribution is 0.251. The van der Waals surface area contributed by atoms with Crippen molar-refractivity contribution < 1.29 is 4.79 Å². The molecule has 2 amide bonds. The Morgan fingerprint density at radius 1 is 1.11 bits per heavy atom. The number of carbonyl (C=O) groups excluding carboxylic acids is 1. The molecule has 0 unspecified atom stereocenters. The fourth-order valence-corrected chi connectivity index (χ4v) is 3.29. The Labute approximate surface area is 162 Å². The largest absolute Gasteiger partial charge is 0.334 e. The molecule has 0 fully saturated rings. The summed E-state index contributed by atoms with van der Waals surface area (Å²) in [4.78, 5) is 30.5. The first kappa shape index (κ1) is 18.9. The average molecular weight is 382 g/mol. The molecule has 0 spiro atoms. The molecule has 3 rings (SSSR count). The first-order valence-corrected chi connectivity index (χ1v) is 9.39. The van der Waals surface area contributed by atoms with Crippen LogP contribution in [0.5, 0.6) is 0 Å². The molecule has 0 radical (unpaired) electrons.